The van der Waals surface area contributed by atoms with Crippen molar-refractivity contribution in [1.29, 1.82) is 10.5 Å². The summed E-state index contributed by atoms with van der Waals surface area (Å²) in [5.74, 6) is 0. The quantitative estimate of drug-likeness (QED) is 0.323. The van der Waals surface area contributed by atoms with Crippen LogP contribution in [0.5, 0.6) is 0 Å². The molecule has 0 atom stereocenters. The maximum atomic E-state index is 6.88. The third kappa shape index (κ3) is 2360. The number of hydrogen-bond donors (Lipinski definition) is 2. The van der Waals surface area contributed by atoms with Gasteiger partial charge in [0.15, 0.2) is 0 Å². The molecule has 0 aromatic heterocycles. The zero-order valence-corrected chi connectivity index (χ0v) is 2.79. The normalized spacial score (nSPS) is 2.00. The van der Waals surface area contributed by atoms with Gasteiger partial charge in [0.2, 0.25) is 0 Å². The van der Waals surface area contributed by atoms with Gasteiger partial charge >= 0.3 is 51.4 Å². The van der Waals surface area contributed by atoms with E-state index in [2.05, 4.69) is 0 Å². The summed E-state index contributed by atoms with van der Waals surface area (Å²) >= 11 is 0. The second-order valence-electron chi connectivity index (χ2n) is 0.200. The van der Waals surface area contributed by atoms with Gasteiger partial charge in [0.05, 0.1) is 0 Å². The molecule has 0 aromatic rings. The monoisotopic (exact) mass is 126 g/mol. The van der Waals surface area contributed by atoms with E-state index in [1.165, 1.54) is 0 Å². The number of rotatable bonds is 0. The van der Waals surface area contributed by atoms with Crippen LogP contribution in [0.15, 0.2) is 0 Å². The Labute approximate surface area is 83.4 Å². The number of aliphatic hydroxyl groups is 2. The molecule has 0 rings (SSSR count). The van der Waals surface area contributed by atoms with Gasteiger partial charge in [0, 0.05) is 0 Å². The summed E-state index contributed by atoms with van der Waals surface area (Å²) in [6.07, 6.45) is 1.50. The first kappa shape index (κ1) is 15.7. The molecule has 0 heterocycles. The third-order valence-electron chi connectivity index (χ3n) is 0. The molecule has 2 N–H and O–H groups in total. The van der Waals surface area contributed by atoms with Crippen molar-refractivity contribution in [3.63, 3.8) is 0 Å². The molecular formula is C2H3KN2O2. The Morgan fingerprint density at radius 1 is 1.00 bits per heavy atom. The van der Waals surface area contributed by atoms with E-state index < -0.39 is 0 Å². The molecule has 0 amide bonds. The number of nitriles is 2. The van der Waals surface area contributed by atoms with Crippen molar-refractivity contribution in [2.75, 3.05) is 0 Å². The Morgan fingerprint density at radius 3 is 1.00 bits per heavy atom. The van der Waals surface area contributed by atoms with Crippen LogP contribution >= 0.6 is 0 Å². The molecule has 0 radical (unpaired) electrons. The predicted molar refractivity (Wildman–Crippen MR) is 22.2 cm³/mol. The van der Waals surface area contributed by atoms with Gasteiger partial charge in [-0.05, 0) is 0 Å². The minimum atomic E-state index is 0. The van der Waals surface area contributed by atoms with Gasteiger partial charge in [0.1, 0.15) is 0 Å². The van der Waals surface area contributed by atoms with Crippen LogP contribution in [-0.2, 0) is 0 Å². The molecule has 0 aliphatic heterocycles. The van der Waals surface area contributed by atoms with Crippen molar-refractivity contribution in [2.45, 2.75) is 0 Å². The summed E-state index contributed by atoms with van der Waals surface area (Å²) in [6.45, 7) is 0. The van der Waals surface area contributed by atoms with Gasteiger partial charge in [-0.15, -0.1) is 0 Å². The van der Waals surface area contributed by atoms with E-state index in [9.17, 15) is 0 Å². The van der Waals surface area contributed by atoms with E-state index >= 15 is 0 Å². The Balaban J connectivity index is -0.0000000400. The third-order valence-corrected chi connectivity index (χ3v) is 0. The van der Waals surface area contributed by atoms with Gasteiger partial charge in [-0.3, -0.25) is 0 Å². The van der Waals surface area contributed by atoms with Gasteiger partial charge in [0.25, 0.3) is 12.5 Å². The first-order valence-electron chi connectivity index (χ1n) is 0.894. The van der Waals surface area contributed by atoms with Gasteiger partial charge < -0.3 is 10.2 Å². The van der Waals surface area contributed by atoms with Crippen LogP contribution in [-0.4, -0.2) is 61.6 Å². The number of nitrogens with zero attached hydrogens (tertiary/aromatic N) is 2. The Hall–Kier alpha value is 0.216. The fourth-order valence-corrected chi connectivity index (χ4v) is 0. The van der Waals surface area contributed by atoms with Crippen LogP contribution in [0, 0.1) is 23.0 Å². The van der Waals surface area contributed by atoms with Crippen LogP contribution in [0.2, 0.25) is 0 Å². The van der Waals surface area contributed by atoms with Crippen LogP contribution in [0.3, 0.4) is 0 Å². The Morgan fingerprint density at radius 2 is 1.00 bits per heavy atom. The Kier molecular flexibility index (Phi) is 77.2. The molecule has 34 valence electrons. The van der Waals surface area contributed by atoms with Gasteiger partial charge in [-0.2, -0.15) is 10.5 Å². The van der Waals surface area contributed by atoms with Crippen LogP contribution < -0.4 is 0 Å². The summed E-state index contributed by atoms with van der Waals surface area (Å²) < 4.78 is 0. The predicted octanol–water partition coefficient (Wildman–Crippen LogP) is -0.969. The molecule has 0 aliphatic rings. The molecule has 7 heavy (non-hydrogen) atoms. The summed E-state index contributed by atoms with van der Waals surface area (Å²) in [4.78, 5) is 0. The van der Waals surface area contributed by atoms with Crippen LogP contribution in [0.1, 0.15) is 0 Å². The zero-order chi connectivity index (χ0) is 5.41. The van der Waals surface area contributed by atoms with E-state index in [-0.39, 0.29) is 51.4 Å². The molecule has 0 aliphatic carbocycles. The molecule has 0 fully saturated rings. The van der Waals surface area contributed by atoms with Crippen molar-refractivity contribution in [3.05, 3.63) is 0 Å². The average Bonchev–Trinajstić information content (AvgIpc) is 1.39. The van der Waals surface area contributed by atoms with Gasteiger partial charge in [-0.25, -0.2) is 0 Å². The molecule has 0 bridgehead atoms. The van der Waals surface area contributed by atoms with Crippen molar-refractivity contribution in [3.8, 4) is 12.5 Å². The standard InChI is InChI=1S/2CHNO.K.H/c2*2-1-3;;/h2*3H;;. The average molecular weight is 126 g/mol. The fourth-order valence-electron chi connectivity index (χ4n) is 0. The SMILES string of the molecule is N#CO.N#CO.[KH]. The summed E-state index contributed by atoms with van der Waals surface area (Å²) in [7, 11) is 0. The van der Waals surface area contributed by atoms with Crippen molar-refractivity contribution >= 4 is 51.4 Å². The van der Waals surface area contributed by atoms with Crippen molar-refractivity contribution in [2.24, 2.45) is 0 Å². The fraction of sp³-hybridized carbons (Fsp3) is 0. The molecule has 4 nitrogen and oxygen atoms in total. The first-order valence-corrected chi connectivity index (χ1v) is 0.894. The second kappa shape index (κ2) is 34.4. The summed E-state index contributed by atoms with van der Waals surface area (Å²) in [5, 5.41) is 27.5. The second-order valence-corrected chi connectivity index (χ2v) is 0.200. The van der Waals surface area contributed by atoms with Crippen molar-refractivity contribution < 1.29 is 10.2 Å². The summed E-state index contributed by atoms with van der Waals surface area (Å²) in [5.41, 5.74) is 0. The Bertz CT molecular complexity index is 68.7. The maximum absolute atomic E-state index is 6.88. The molecule has 0 saturated heterocycles. The molecule has 0 aromatic carbocycles. The molecule has 0 saturated carbocycles. The minimum absolute atomic E-state index is 0. The van der Waals surface area contributed by atoms with E-state index in [0.29, 0.717) is 0 Å². The van der Waals surface area contributed by atoms with E-state index in [1.54, 1.807) is 0 Å². The van der Waals surface area contributed by atoms with Crippen LogP contribution in [0.25, 0.3) is 0 Å². The molecule has 0 spiro atoms. The molecular weight excluding hydrogens is 123 g/mol. The van der Waals surface area contributed by atoms with E-state index in [4.69, 9.17) is 20.7 Å². The van der Waals surface area contributed by atoms with Crippen molar-refractivity contribution in [1.82, 2.24) is 0 Å². The van der Waals surface area contributed by atoms with E-state index in [1.807, 2.05) is 0 Å². The topological polar surface area (TPSA) is 88.0 Å². The number of aliphatic hydroxyl groups excluding tert-OH is 2. The number of hydrogen-bond acceptors (Lipinski definition) is 4. The zero-order valence-electron chi connectivity index (χ0n) is 2.79. The molecule has 5 heteroatoms. The van der Waals surface area contributed by atoms with Gasteiger partial charge in [-0.1, -0.05) is 0 Å². The van der Waals surface area contributed by atoms with E-state index in [0.717, 1.165) is 12.5 Å². The molecule has 0 unspecified atom stereocenters. The van der Waals surface area contributed by atoms with Crippen LogP contribution in [0.4, 0.5) is 0 Å². The summed E-state index contributed by atoms with van der Waals surface area (Å²) in [6, 6.07) is 0. The first-order chi connectivity index (χ1) is 2.83.